The first-order valence-electron chi connectivity index (χ1n) is 14.0. The number of rotatable bonds is 10. The summed E-state index contributed by atoms with van der Waals surface area (Å²) in [5.41, 5.74) is 4.10. The van der Waals surface area contributed by atoms with Crippen LogP contribution in [0, 0.1) is 5.41 Å². The summed E-state index contributed by atoms with van der Waals surface area (Å²) < 4.78 is 47.2. The van der Waals surface area contributed by atoms with Crippen LogP contribution in [-0.2, 0) is 9.53 Å². The molecule has 1 saturated heterocycles. The maximum Gasteiger partial charge on any atom is 0.271 e. The minimum Gasteiger partial charge on any atom is -0.495 e. The molecule has 1 aliphatic carbocycles. The number of hydrogen-bond donors (Lipinski definition) is 1. The van der Waals surface area contributed by atoms with Crippen molar-refractivity contribution in [1.82, 2.24) is 14.9 Å². The maximum atomic E-state index is 14.3. The van der Waals surface area contributed by atoms with E-state index in [1.165, 1.54) is 7.11 Å². The Labute approximate surface area is 252 Å². The summed E-state index contributed by atoms with van der Waals surface area (Å²) in [4.78, 5) is 19.1. The normalized spacial score (nSPS) is 22.0. The highest BCUT2D eigenvalue weighted by Crippen LogP contribution is 2.30. The van der Waals surface area contributed by atoms with Crippen LogP contribution in [0.2, 0.25) is 0 Å². The number of methoxy groups -OCH3 is 1. The van der Waals surface area contributed by atoms with Gasteiger partial charge in [-0.05, 0) is 80.4 Å². The van der Waals surface area contributed by atoms with Crippen LogP contribution < -0.4 is 0 Å². The monoisotopic (exact) mass is 595 g/mol. The molecular formula is C33H40F3N5O2. The molecule has 0 aromatic rings. The van der Waals surface area contributed by atoms with Gasteiger partial charge >= 0.3 is 0 Å². The summed E-state index contributed by atoms with van der Waals surface area (Å²) in [6.07, 6.45) is 14.8. The van der Waals surface area contributed by atoms with Crippen LogP contribution in [0.1, 0.15) is 47.0 Å². The Balaban J connectivity index is 0.00000316. The second kappa shape index (κ2) is 16.9. The van der Waals surface area contributed by atoms with Gasteiger partial charge in [-0.15, -0.1) is 0 Å². The Kier molecular flexibility index (Phi) is 13.7. The van der Waals surface area contributed by atoms with Crippen molar-refractivity contribution in [3.8, 4) is 0 Å². The molecule has 0 aromatic heterocycles. The van der Waals surface area contributed by atoms with E-state index in [1.807, 2.05) is 32.7 Å². The third-order valence-corrected chi connectivity index (χ3v) is 6.33. The van der Waals surface area contributed by atoms with Crippen LogP contribution in [0.25, 0.3) is 0 Å². The van der Waals surface area contributed by atoms with Crippen LogP contribution >= 0.6 is 0 Å². The molecule has 230 valence electrons. The minimum absolute atomic E-state index is 0.152. The number of hydrogen-bond acceptors (Lipinski definition) is 5. The van der Waals surface area contributed by atoms with Crippen molar-refractivity contribution in [3.05, 3.63) is 113 Å². The van der Waals surface area contributed by atoms with Gasteiger partial charge in [0.1, 0.15) is 17.6 Å². The molecule has 7 nitrogen and oxygen atoms in total. The largest absolute Gasteiger partial charge is 0.495 e. The Bertz CT molecular complexity index is 1390. The van der Waals surface area contributed by atoms with E-state index in [-0.39, 0.29) is 12.0 Å². The summed E-state index contributed by atoms with van der Waals surface area (Å²) in [5, 5.41) is 11.4. The summed E-state index contributed by atoms with van der Waals surface area (Å²) >= 11 is 0. The Morgan fingerprint density at radius 1 is 1.19 bits per heavy atom. The number of nitrogens with one attached hydrogen (secondary N) is 1. The molecule has 1 fully saturated rings. The van der Waals surface area contributed by atoms with Gasteiger partial charge in [-0.1, -0.05) is 44.7 Å². The Morgan fingerprint density at radius 2 is 1.88 bits per heavy atom. The number of fused-ring (bicyclic) bond motifs is 1. The van der Waals surface area contributed by atoms with Gasteiger partial charge in [0.05, 0.1) is 19.1 Å². The van der Waals surface area contributed by atoms with Crippen LogP contribution in [0.3, 0.4) is 0 Å². The first-order chi connectivity index (χ1) is 20.6. The van der Waals surface area contributed by atoms with E-state index >= 15 is 0 Å². The van der Waals surface area contributed by atoms with Crippen molar-refractivity contribution in [2.75, 3.05) is 20.2 Å². The van der Waals surface area contributed by atoms with E-state index in [0.717, 1.165) is 36.9 Å². The smallest absolute Gasteiger partial charge is 0.271 e. The fourth-order valence-corrected chi connectivity index (χ4v) is 4.51. The highest BCUT2D eigenvalue weighted by atomic mass is 19.2. The highest BCUT2D eigenvalue weighted by Gasteiger charge is 2.39. The lowest BCUT2D eigenvalue weighted by Gasteiger charge is -2.46. The molecule has 2 aliphatic heterocycles. The summed E-state index contributed by atoms with van der Waals surface area (Å²) in [7, 11) is 1.51. The molecule has 3 aliphatic rings. The number of carbonyl (C=O) groups excluding carboxylic acids is 1. The molecule has 43 heavy (non-hydrogen) atoms. The number of aliphatic imine (C=N–C) groups is 1. The van der Waals surface area contributed by atoms with Gasteiger partial charge in [-0.3, -0.25) is 15.2 Å². The van der Waals surface area contributed by atoms with Crippen molar-refractivity contribution >= 4 is 18.1 Å². The number of halogens is 3. The Hall–Kier alpha value is -4.40. The summed E-state index contributed by atoms with van der Waals surface area (Å²) in [6.45, 7) is 16.7. The van der Waals surface area contributed by atoms with Crippen LogP contribution in [0.15, 0.2) is 118 Å². The molecule has 3 rings (SSSR count). The van der Waals surface area contributed by atoms with Crippen LogP contribution in [-0.4, -0.2) is 59.2 Å². The average molecular weight is 596 g/mol. The van der Waals surface area contributed by atoms with Crippen molar-refractivity contribution < 1.29 is 22.7 Å². The molecule has 0 bridgehead atoms. The lowest BCUT2D eigenvalue weighted by Crippen LogP contribution is -2.60. The van der Waals surface area contributed by atoms with Crippen molar-refractivity contribution in [3.63, 3.8) is 0 Å². The van der Waals surface area contributed by atoms with E-state index in [9.17, 15) is 18.0 Å². The molecule has 1 unspecified atom stereocenters. The molecule has 0 radical (unpaired) electrons. The van der Waals surface area contributed by atoms with Gasteiger partial charge in [0.2, 0.25) is 5.83 Å². The molecule has 0 saturated carbocycles. The van der Waals surface area contributed by atoms with Gasteiger partial charge < -0.3 is 9.64 Å². The summed E-state index contributed by atoms with van der Waals surface area (Å²) in [5.74, 6) is -3.43. The van der Waals surface area contributed by atoms with E-state index in [2.05, 4.69) is 18.2 Å². The van der Waals surface area contributed by atoms with Crippen LogP contribution in [0.5, 0.6) is 0 Å². The lowest BCUT2D eigenvalue weighted by molar-refractivity contribution is -0.130. The molecule has 1 atom stereocenters. The summed E-state index contributed by atoms with van der Waals surface area (Å²) in [6, 6.07) is -0.949. The number of allylic oxidation sites excluding steroid dienone is 10. The Morgan fingerprint density at radius 3 is 2.51 bits per heavy atom. The number of amides is 1. The fraction of sp³-hybridized carbons (Fsp3) is 0.333. The molecule has 1 amide bonds. The lowest BCUT2D eigenvalue weighted by atomic mass is 9.98. The third kappa shape index (κ3) is 9.30. The van der Waals surface area contributed by atoms with Gasteiger partial charge in [0.25, 0.3) is 5.91 Å². The first kappa shape index (κ1) is 34.8. The van der Waals surface area contributed by atoms with Gasteiger partial charge in [0.15, 0.2) is 11.7 Å². The average Bonchev–Trinajstić information content (AvgIpc) is 2.99. The van der Waals surface area contributed by atoms with E-state index < -0.39 is 29.4 Å². The quantitative estimate of drug-likeness (QED) is 0.0923. The standard InChI is InChI=1S/C31H34F3N5O2.C2H6/c1-6-28(41-5)27(37(20-35)19-21(2)3)13-9-22(4)10-14-29-36-31(40)30(39-16-8-7-15-38(29)39)23-11-12-25(33)26(34)18-24(32)17-23;1-2/h6,9-10,12-14,17,19-20,30,35H,1,4,7-8,11,15-16H2,2-3,5H3;1-2H3/b13-9-,14-10+,23-17+,25-12+,28-27-,35-20?;. The predicted octanol–water partition coefficient (Wildman–Crippen LogP) is 7.67. The van der Waals surface area contributed by atoms with E-state index in [4.69, 9.17) is 10.1 Å². The molecule has 1 N–H and O–H groups in total. The first-order valence-corrected chi connectivity index (χ1v) is 14.0. The maximum absolute atomic E-state index is 14.3. The SMILES string of the molecule is C=C/C(OC)=C(\C=C/C(=C)/C=C/C1=NC(=O)C(/C2=C/C(F)=C=C(F)/C(F)=C\C2)N2CCCCN12)N(C=N)C=C(C)C.CC. The predicted molar refractivity (Wildman–Crippen MR) is 167 cm³/mol. The number of ether oxygens (including phenoxy) is 1. The fourth-order valence-electron chi connectivity index (χ4n) is 4.51. The minimum atomic E-state index is -1.42. The number of nitrogens with zero attached hydrogens (tertiary/aromatic N) is 4. The van der Waals surface area contributed by atoms with Crippen molar-refractivity contribution in [2.45, 2.75) is 53.0 Å². The number of amidine groups is 1. The second-order valence-corrected chi connectivity index (χ2v) is 9.61. The van der Waals surface area contributed by atoms with Gasteiger partial charge in [0, 0.05) is 19.3 Å². The molecular weight excluding hydrogens is 555 g/mol. The highest BCUT2D eigenvalue weighted by molar-refractivity contribution is 6.05. The van der Waals surface area contributed by atoms with Crippen molar-refractivity contribution in [2.24, 2.45) is 4.99 Å². The molecule has 10 heteroatoms. The number of carbonyl (C=O) groups is 1. The van der Waals surface area contributed by atoms with Gasteiger partial charge in [-0.25, -0.2) is 9.40 Å². The van der Waals surface area contributed by atoms with E-state index in [1.54, 1.807) is 52.2 Å². The second-order valence-electron chi connectivity index (χ2n) is 9.61. The third-order valence-electron chi connectivity index (χ3n) is 6.33. The molecule has 2 heterocycles. The zero-order chi connectivity index (χ0) is 32.1. The molecule has 0 spiro atoms. The van der Waals surface area contributed by atoms with Gasteiger partial charge in [-0.2, -0.15) is 13.8 Å². The zero-order valence-electron chi connectivity index (χ0n) is 25.5. The topological polar surface area (TPSA) is 72.2 Å². The number of hydrazine groups is 1. The zero-order valence-corrected chi connectivity index (χ0v) is 25.5. The van der Waals surface area contributed by atoms with E-state index in [0.29, 0.717) is 36.0 Å². The van der Waals surface area contributed by atoms with Crippen molar-refractivity contribution in [1.29, 1.82) is 5.41 Å². The van der Waals surface area contributed by atoms with Crippen LogP contribution in [0.4, 0.5) is 13.2 Å². The molecule has 0 aromatic carbocycles.